The summed E-state index contributed by atoms with van der Waals surface area (Å²) in [4.78, 5) is 9.27. The molecule has 3 aromatic rings. The summed E-state index contributed by atoms with van der Waals surface area (Å²) in [6, 6.07) is 14.9. The van der Waals surface area contributed by atoms with Crippen LogP contribution in [0.3, 0.4) is 0 Å². The molecule has 0 spiro atoms. The summed E-state index contributed by atoms with van der Waals surface area (Å²) in [6.07, 6.45) is 0.756. The maximum absolute atomic E-state index is 13.1. The van der Waals surface area contributed by atoms with Crippen molar-refractivity contribution in [2.24, 2.45) is 5.73 Å². The molecule has 2 heterocycles. The minimum atomic E-state index is -0.194. The largest absolute Gasteiger partial charge is 0.369 e. The first-order valence-electron chi connectivity index (χ1n) is 8.54. The first-order valence-corrected chi connectivity index (χ1v) is 9.35. The summed E-state index contributed by atoms with van der Waals surface area (Å²) in [5.41, 5.74) is 8.55. The zero-order valence-corrected chi connectivity index (χ0v) is 17.2. The summed E-state index contributed by atoms with van der Waals surface area (Å²) in [6.45, 7) is 3.62. The van der Waals surface area contributed by atoms with E-state index < -0.39 is 0 Å². The normalized spacial score (nSPS) is 15.9. The van der Waals surface area contributed by atoms with Crippen molar-refractivity contribution in [1.29, 1.82) is 0 Å². The fraction of sp³-hybridized carbons (Fsp3) is 0.316. The quantitative estimate of drug-likeness (QED) is 0.683. The summed E-state index contributed by atoms with van der Waals surface area (Å²) >= 11 is 1.72. The standard InChI is InChI=1S/C19H21FN4S.2ClH/c20-14-5-7-15(8-6-14)23-9-11-24(12-10-23)18(21)13-19-22-16-3-1-2-4-17(16)25-19;;/h1-8,18H,9-13,21H2;2*1H. The molecule has 0 bridgehead atoms. The fourth-order valence-electron chi connectivity index (χ4n) is 3.28. The number of nitrogens with zero attached hydrogens (tertiary/aromatic N) is 3. The lowest BCUT2D eigenvalue weighted by atomic mass is 10.2. The predicted molar refractivity (Wildman–Crippen MR) is 116 cm³/mol. The highest BCUT2D eigenvalue weighted by Gasteiger charge is 2.22. The maximum atomic E-state index is 13.1. The van der Waals surface area contributed by atoms with Gasteiger partial charge >= 0.3 is 0 Å². The van der Waals surface area contributed by atoms with Gasteiger partial charge in [-0.05, 0) is 36.4 Å². The SMILES string of the molecule is Cl.Cl.NC(Cc1nc2ccccc2s1)N1CCN(c2ccc(F)cc2)CC1. The van der Waals surface area contributed by atoms with Crippen LogP contribution in [0.5, 0.6) is 0 Å². The summed E-state index contributed by atoms with van der Waals surface area (Å²) < 4.78 is 14.3. The highest BCUT2D eigenvalue weighted by molar-refractivity contribution is 7.18. The molecule has 4 nitrogen and oxygen atoms in total. The lowest BCUT2D eigenvalue weighted by molar-refractivity contribution is 0.187. The van der Waals surface area contributed by atoms with E-state index in [4.69, 9.17) is 5.73 Å². The van der Waals surface area contributed by atoms with E-state index in [9.17, 15) is 4.39 Å². The van der Waals surface area contributed by atoms with Crippen molar-refractivity contribution in [1.82, 2.24) is 9.88 Å². The first-order chi connectivity index (χ1) is 12.2. The smallest absolute Gasteiger partial charge is 0.123 e. The summed E-state index contributed by atoms with van der Waals surface area (Å²) in [5, 5.41) is 1.09. The van der Waals surface area contributed by atoms with Crippen LogP contribution >= 0.6 is 36.2 Å². The van der Waals surface area contributed by atoms with Gasteiger partial charge in [-0.1, -0.05) is 12.1 Å². The Morgan fingerprint density at radius 1 is 1.00 bits per heavy atom. The number of nitrogens with two attached hydrogens (primary N) is 1. The number of hydrogen-bond acceptors (Lipinski definition) is 5. The van der Waals surface area contributed by atoms with Crippen molar-refractivity contribution in [2.45, 2.75) is 12.6 Å². The Kier molecular flexibility index (Phi) is 7.82. The molecule has 1 fully saturated rings. The Balaban J connectivity index is 0.00000131. The minimum Gasteiger partial charge on any atom is -0.369 e. The molecule has 2 aromatic carbocycles. The van der Waals surface area contributed by atoms with Crippen LogP contribution < -0.4 is 10.6 Å². The van der Waals surface area contributed by atoms with Crippen LogP contribution in [0.15, 0.2) is 48.5 Å². The highest BCUT2D eigenvalue weighted by atomic mass is 35.5. The van der Waals surface area contributed by atoms with Gasteiger partial charge in [0, 0.05) is 38.3 Å². The molecule has 4 rings (SSSR count). The molecule has 0 amide bonds. The van der Waals surface area contributed by atoms with Gasteiger partial charge in [0.25, 0.3) is 0 Å². The van der Waals surface area contributed by atoms with Crippen LogP contribution in [0.2, 0.25) is 0 Å². The second-order valence-corrected chi connectivity index (χ2v) is 7.46. The average Bonchev–Trinajstić information content (AvgIpc) is 3.05. The highest BCUT2D eigenvalue weighted by Crippen LogP contribution is 2.23. The predicted octanol–water partition coefficient (Wildman–Crippen LogP) is 3.93. The number of halogens is 3. The van der Waals surface area contributed by atoms with Crippen molar-refractivity contribution in [3.8, 4) is 0 Å². The van der Waals surface area contributed by atoms with E-state index in [0.717, 1.165) is 48.8 Å². The van der Waals surface area contributed by atoms with Crippen molar-refractivity contribution >= 4 is 52.1 Å². The number of hydrogen-bond donors (Lipinski definition) is 1. The number of thiazole rings is 1. The molecule has 1 aliphatic heterocycles. The van der Waals surface area contributed by atoms with E-state index in [1.807, 2.05) is 30.3 Å². The molecule has 0 aliphatic carbocycles. The molecule has 2 N–H and O–H groups in total. The molecular formula is C19H23Cl2FN4S. The zero-order chi connectivity index (χ0) is 17.2. The van der Waals surface area contributed by atoms with Crippen molar-refractivity contribution in [2.75, 3.05) is 31.1 Å². The Labute approximate surface area is 175 Å². The Morgan fingerprint density at radius 2 is 1.67 bits per heavy atom. The number of piperazine rings is 1. The van der Waals surface area contributed by atoms with Gasteiger partial charge in [0.2, 0.25) is 0 Å². The van der Waals surface area contributed by atoms with Gasteiger partial charge in [0.15, 0.2) is 0 Å². The van der Waals surface area contributed by atoms with Gasteiger partial charge in [0.05, 0.1) is 21.4 Å². The molecule has 0 radical (unpaired) electrons. The van der Waals surface area contributed by atoms with Gasteiger partial charge in [-0.3, -0.25) is 4.90 Å². The number of rotatable bonds is 4. The molecule has 0 saturated carbocycles. The molecule has 1 aromatic heterocycles. The van der Waals surface area contributed by atoms with Crippen LogP contribution in [0.1, 0.15) is 5.01 Å². The topological polar surface area (TPSA) is 45.4 Å². The zero-order valence-electron chi connectivity index (χ0n) is 14.8. The Hall–Kier alpha value is -1.44. The van der Waals surface area contributed by atoms with Crippen LogP contribution in [-0.4, -0.2) is 42.2 Å². The van der Waals surface area contributed by atoms with Crippen molar-refractivity contribution in [3.05, 3.63) is 59.4 Å². The third kappa shape index (κ3) is 5.09. The van der Waals surface area contributed by atoms with E-state index in [2.05, 4.69) is 20.9 Å². The van der Waals surface area contributed by atoms with Crippen LogP contribution in [0.25, 0.3) is 10.2 Å². The van der Waals surface area contributed by atoms with Gasteiger partial charge in [0.1, 0.15) is 5.82 Å². The molecule has 1 atom stereocenters. The summed E-state index contributed by atoms with van der Waals surface area (Å²) in [5.74, 6) is -0.194. The van der Waals surface area contributed by atoms with Crippen LogP contribution in [-0.2, 0) is 6.42 Å². The number of anilines is 1. The molecule has 146 valence electrons. The fourth-order valence-corrected chi connectivity index (χ4v) is 4.30. The first kappa shape index (κ1) is 21.9. The lowest BCUT2D eigenvalue weighted by Crippen LogP contribution is -2.54. The van der Waals surface area contributed by atoms with E-state index >= 15 is 0 Å². The van der Waals surface area contributed by atoms with Crippen LogP contribution in [0.4, 0.5) is 10.1 Å². The molecular weight excluding hydrogens is 406 g/mol. The number of para-hydroxylation sites is 1. The molecule has 1 saturated heterocycles. The molecule has 8 heteroatoms. The Morgan fingerprint density at radius 3 is 2.33 bits per heavy atom. The van der Waals surface area contributed by atoms with Crippen molar-refractivity contribution < 1.29 is 4.39 Å². The number of fused-ring (bicyclic) bond motifs is 1. The second-order valence-electron chi connectivity index (χ2n) is 6.35. The van der Waals surface area contributed by atoms with E-state index in [1.54, 1.807) is 11.3 Å². The van der Waals surface area contributed by atoms with Gasteiger partial charge in [-0.2, -0.15) is 0 Å². The minimum absolute atomic E-state index is 0. The molecule has 1 aliphatic rings. The van der Waals surface area contributed by atoms with Gasteiger partial charge in [-0.25, -0.2) is 9.37 Å². The number of aromatic nitrogens is 1. The Bertz CT molecular complexity index is 817. The van der Waals surface area contributed by atoms with Crippen molar-refractivity contribution in [3.63, 3.8) is 0 Å². The van der Waals surface area contributed by atoms with Crippen LogP contribution in [0, 0.1) is 5.82 Å². The average molecular weight is 429 g/mol. The lowest BCUT2D eigenvalue weighted by Gasteiger charge is -2.38. The number of benzene rings is 2. The van der Waals surface area contributed by atoms with Gasteiger partial charge < -0.3 is 10.6 Å². The molecule has 1 unspecified atom stereocenters. The van der Waals surface area contributed by atoms with E-state index in [-0.39, 0.29) is 36.8 Å². The van der Waals surface area contributed by atoms with E-state index in [1.165, 1.54) is 16.8 Å². The van der Waals surface area contributed by atoms with E-state index in [0.29, 0.717) is 0 Å². The third-order valence-electron chi connectivity index (χ3n) is 4.70. The third-order valence-corrected chi connectivity index (χ3v) is 5.76. The maximum Gasteiger partial charge on any atom is 0.123 e. The molecule has 27 heavy (non-hydrogen) atoms. The van der Waals surface area contributed by atoms with Gasteiger partial charge in [-0.15, -0.1) is 36.2 Å². The summed E-state index contributed by atoms with van der Waals surface area (Å²) in [7, 11) is 0. The second kappa shape index (κ2) is 9.66. The monoisotopic (exact) mass is 428 g/mol.